The molecule has 2 rings (SSSR count). The molecule has 4 heteroatoms. The molecule has 2 aromatic heterocycles. The lowest BCUT2D eigenvalue weighted by molar-refractivity contribution is 0.132. The highest BCUT2D eigenvalue weighted by Gasteiger charge is 2.02. The third-order valence-electron chi connectivity index (χ3n) is 2.84. The summed E-state index contributed by atoms with van der Waals surface area (Å²) in [7, 11) is 0. The van der Waals surface area contributed by atoms with E-state index in [1.165, 1.54) is 10.9 Å². The van der Waals surface area contributed by atoms with Crippen molar-refractivity contribution in [3.05, 3.63) is 30.1 Å². The zero-order valence-electron chi connectivity index (χ0n) is 10.9. The summed E-state index contributed by atoms with van der Waals surface area (Å²) in [4.78, 5) is 7.46. The van der Waals surface area contributed by atoms with E-state index in [9.17, 15) is 0 Å². The minimum Gasteiger partial charge on any atom is -0.381 e. The van der Waals surface area contributed by atoms with Crippen LogP contribution in [0.3, 0.4) is 0 Å². The second-order valence-corrected chi connectivity index (χ2v) is 4.36. The number of hydrogen-bond donors (Lipinski definition) is 2. The van der Waals surface area contributed by atoms with Crippen LogP contribution in [0.25, 0.3) is 11.0 Å². The fourth-order valence-corrected chi connectivity index (χ4v) is 1.93. The summed E-state index contributed by atoms with van der Waals surface area (Å²) in [5, 5.41) is 4.63. The van der Waals surface area contributed by atoms with Gasteiger partial charge in [-0.1, -0.05) is 6.92 Å². The molecule has 0 spiro atoms. The summed E-state index contributed by atoms with van der Waals surface area (Å²) in [6.45, 7) is 5.70. The van der Waals surface area contributed by atoms with Crippen LogP contribution in [-0.2, 0) is 11.3 Å². The molecule has 4 nitrogen and oxygen atoms in total. The average Bonchev–Trinajstić information content (AvgIpc) is 2.81. The first-order chi connectivity index (χ1) is 8.92. The van der Waals surface area contributed by atoms with E-state index in [2.05, 4.69) is 28.3 Å². The van der Waals surface area contributed by atoms with Crippen LogP contribution in [0.4, 0.5) is 0 Å². The van der Waals surface area contributed by atoms with Gasteiger partial charge < -0.3 is 15.0 Å². The quantitative estimate of drug-likeness (QED) is 0.705. The SMILES string of the molecule is CCCOCCCNCc1c[nH]c2ncccc12. The highest BCUT2D eigenvalue weighted by molar-refractivity contribution is 5.79. The van der Waals surface area contributed by atoms with Crippen molar-refractivity contribution in [1.82, 2.24) is 15.3 Å². The fourth-order valence-electron chi connectivity index (χ4n) is 1.93. The number of fused-ring (bicyclic) bond motifs is 1. The van der Waals surface area contributed by atoms with E-state index in [4.69, 9.17) is 4.74 Å². The van der Waals surface area contributed by atoms with Crippen LogP contribution in [0.15, 0.2) is 24.5 Å². The van der Waals surface area contributed by atoms with Crippen LogP contribution in [0, 0.1) is 0 Å². The van der Waals surface area contributed by atoms with Crippen molar-refractivity contribution in [1.29, 1.82) is 0 Å². The lowest BCUT2D eigenvalue weighted by atomic mass is 10.2. The highest BCUT2D eigenvalue weighted by atomic mass is 16.5. The molecule has 0 aliphatic carbocycles. The second kappa shape index (κ2) is 7.13. The molecule has 2 aromatic rings. The molecule has 0 bridgehead atoms. The molecule has 2 N–H and O–H groups in total. The fraction of sp³-hybridized carbons (Fsp3) is 0.500. The van der Waals surface area contributed by atoms with Crippen LogP contribution >= 0.6 is 0 Å². The molecule has 2 heterocycles. The molecule has 0 fully saturated rings. The molecular weight excluding hydrogens is 226 g/mol. The van der Waals surface area contributed by atoms with Gasteiger partial charge in [0.1, 0.15) is 5.65 Å². The molecule has 0 unspecified atom stereocenters. The lowest BCUT2D eigenvalue weighted by Gasteiger charge is -2.04. The molecule has 0 atom stereocenters. The summed E-state index contributed by atoms with van der Waals surface area (Å²) in [5.74, 6) is 0. The summed E-state index contributed by atoms with van der Waals surface area (Å²) in [6, 6.07) is 4.07. The van der Waals surface area contributed by atoms with Gasteiger partial charge in [0, 0.05) is 37.5 Å². The van der Waals surface area contributed by atoms with Crippen LogP contribution < -0.4 is 5.32 Å². The monoisotopic (exact) mass is 247 g/mol. The first-order valence-corrected chi connectivity index (χ1v) is 6.61. The van der Waals surface area contributed by atoms with Gasteiger partial charge in [0.05, 0.1) is 0 Å². The molecule has 0 aliphatic heterocycles. The first-order valence-electron chi connectivity index (χ1n) is 6.61. The number of aromatic nitrogens is 2. The molecule has 0 radical (unpaired) electrons. The molecule has 0 aromatic carbocycles. The number of nitrogens with zero attached hydrogens (tertiary/aromatic N) is 1. The number of rotatable bonds is 8. The maximum Gasteiger partial charge on any atom is 0.137 e. The van der Waals surface area contributed by atoms with E-state index >= 15 is 0 Å². The second-order valence-electron chi connectivity index (χ2n) is 4.36. The smallest absolute Gasteiger partial charge is 0.137 e. The van der Waals surface area contributed by atoms with E-state index < -0.39 is 0 Å². The predicted molar refractivity (Wildman–Crippen MR) is 73.5 cm³/mol. The van der Waals surface area contributed by atoms with E-state index in [0.29, 0.717) is 0 Å². The standard InChI is InChI=1S/C14H21N3O/c1-2-8-18-9-4-6-15-10-12-11-17-14-13(12)5-3-7-16-14/h3,5,7,11,15H,2,4,6,8-10H2,1H3,(H,16,17). The van der Waals surface area contributed by atoms with Gasteiger partial charge in [-0.25, -0.2) is 4.98 Å². The maximum atomic E-state index is 5.43. The third kappa shape index (κ3) is 3.55. The lowest BCUT2D eigenvalue weighted by Crippen LogP contribution is -2.16. The molecule has 98 valence electrons. The minimum absolute atomic E-state index is 0.844. The Bertz CT molecular complexity index is 467. The van der Waals surface area contributed by atoms with Crippen molar-refractivity contribution < 1.29 is 4.74 Å². The number of hydrogen-bond acceptors (Lipinski definition) is 3. The third-order valence-corrected chi connectivity index (χ3v) is 2.84. The number of H-pyrrole nitrogens is 1. The van der Waals surface area contributed by atoms with Crippen molar-refractivity contribution in [3.63, 3.8) is 0 Å². The largest absolute Gasteiger partial charge is 0.381 e. The zero-order valence-corrected chi connectivity index (χ0v) is 10.9. The summed E-state index contributed by atoms with van der Waals surface area (Å²) in [6.07, 6.45) is 5.98. The van der Waals surface area contributed by atoms with Crippen molar-refractivity contribution in [3.8, 4) is 0 Å². The Hall–Kier alpha value is -1.39. The zero-order chi connectivity index (χ0) is 12.6. The van der Waals surface area contributed by atoms with E-state index in [1.54, 1.807) is 6.20 Å². The van der Waals surface area contributed by atoms with Gasteiger partial charge in [0.25, 0.3) is 0 Å². The van der Waals surface area contributed by atoms with Gasteiger partial charge in [0.2, 0.25) is 0 Å². The Balaban J connectivity index is 1.70. The molecule has 0 amide bonds. The van der Waals surface area contributed by atoms with E-state index in [0.717, 1.165) is 44.8 Å². The Kier molecular flexibility index (Phi) is 5.17. The number of nitrogens with one attached hydrogen (secondary N) is 2. The Morgan fingerprint density at radius 3 is 3.22 bits per heavy atom. The predicted octanol–water partition coefficient (Wildman–Crippen LogP) is 2.47. The van der Waals surface area contributed by atoms with Crippen LogP contribution in [0.5, 0.6) is 0 Å². The summed E-state index contributed by atoms with van der Waals surface area (Å²) < 4.78 is 5.43. The van der Waals surface area contributed by atoms with Crippen LogP contribution in [0.1, 0.15) is 25.3 Å². The molecule has 0 saturated carbocycles. The van der Waals surface area contributed by atoms with E-state index in [1.807, 2.05) is 12.3 Å². The summed E-state index contributed by atoms with van der Waals surface area (Å²) >= 11 is 0. The van der Waals surface area contributed by atoms with Gasteiger partial charge in [0.15, 0.2) is 0 Å². The van der Waals surface area contributed by atoms with Crippen molar-refractivity contribution >= 4 is 11.0 Å². The van der Waals surface area contributed by atoms with E-state index in [-0.39, 0.29) is 0 Å². The Morgan fingerprint density at radius 2 is 2.33 bits per heavy atom. The van der Waals surface area contributed by atoms with Gasteiger partial charge in [-0.05, 0) is 37.1 Å². The topological polar surface area (TPSA) is 49.9 Å². The number of ether oxygens (including phenoxy) is 1. The Labute approximate surface area is 108 Å². The molecule has 18 heavy (non-hydrogen) atoms. The van der Waals surface area contributed by atoms with Gasteiger partial charge >= 0.3 is 0 Å². The molecule has 0 saturated heterocycles. The van der Waals surface area contributed by atoms with Crippen LogP contribution in [-0.4, -0.2) is 29.7 Å². The molecule has 0 aliphatic rings. The normalized spacial score (nSPS) is 11.2. The average molecular weight is 247 g/mol. The number of aromatic amines is 1. The summed E-state index contributed by atoms with van der Waals surface area (Å²) in [5.41, 5.74) is 2.23. The Morgan fingerprint density at radius 1 is 1.39 bits per heavy atom. The first kappa shape index (κ1) is 13.1. The molecular formula is C14H21N3O. The van der Waals surface area contributed by atoms with Crippen LogP contribution in [0.2, 0.25) is 0 Å². The minimum atomic E-state index is 0.844. The number of pyridine rings is 1. The van der Waals surface area contributed by atoms with Crippen molar-refractivity contribution in [2.75, 3.05) is 19.8 Å². The van der Waals surface area contributed by atoms with Gasteiger partial charge in [-0.2, -0.15) is 0 Å². The highest BCUT2D eigenvalue weighted by Crippen LogP contribution is 2.14. The van der Waals surface area contributed by atoms with Gasteiger partial charge in [-0.3, -0.25) is 0 Å². The van der Waals surface area contributed by atoms with Gasteiger partial charge in [-0.15, -0.1) is 0 Å². The van der Waals surface area contributed by atoms with Crippen molar-refractivity contribution in [2.24, 2.45) is 0 Å². The van der Waals surface area contributed by atoms with Crippen molar-refractivity contribution in [2.45, 2.75) is 26.3 Å². The maximum absolute atomic E-state index is 5.43.